The zero-order valence-corrected chi connectivity index (χ0v) is 13.5. The van der Waals surface area contributed by atoms with Gasteiger partial charge in [-0.05, 0) is 38.1 Å². The van der Waals surface area contributed by atoms with Gasteiger partial charge < -0.3 is 24.2 Å². The van der Waals surface area contributed by atoms with Gasteiger partial charge in [-0.25, -0.2) is 0 Å². The average molecular weight is 330 g/mol. The van der Waals surface area contributed by atoms with Gasteiger partial charge in [0.25, 0.3) is 0 Å². The van der Waals surface area contributed by atoms with E-state index in [1.165, 1.54) is 25.7 Å². The van der Waals surface area contributed by atoms with Crippen LogP contribution >= 0.6 is 12.4 Å². The molecule has 2 aliphatic rings. The molecule has 6 heteroatoms. The molecule has 1 saturated heterocycles. The van der Waals surface area contributed by atoms with Crippen LogP contribution in [0.15, 0.2) is 18.2 Å². The number of fused-ring (bicyclic) bond motifs is 1. The molecule has 22 heavy (non-hydrogen) atoms. The molecule has 0 aromatic heterocycles. The Balaban J connectivity index is 0.00000176. The molecule has 0 spiro atoms. The van der Waals surface area contributed by atoms with Crippen LogP contribution in [-0.4, -0.2) is 49.1 Å². The van der Waals surface area contributed by atoms with Crippen molar-refractivity contribution in [3.63, 3.8) is 0 Å². The molecule has 1 aromatic rings. The van der Waals surface area contributed by atoms with Crippen molar-refractivity contribution in [3.05, 3.63) is 18.2 Å². The number of rotatable bonds is 5. The minimum atomic E-state index is -0.464. The quantitative estimate of drug-likeness (QED) is 0.899. The lowest BCUT2D eigenvalue weighted by molar-refractivity contribution is 0.0693. The maximum Gasteiger partial charge on any atom is 0.231 e. The van der Waals surface area contributed by atoms with Crippen molar-refractivity contribution in [2.75, 3.05) is 33.0 Å². The van der Waals surface area contributed by atoms with Crippen molar-refractivity contribution in [1.82, 2.24) is 4.90 Å². The van der Waals surface area contributed by atoms with Crippen LogP contribution in [0.4, 0.5) is 0 Å². The van der Waals surface area contributed by atoms with Crippen LogP contribution in [0.3, 0.4) is 0 Å². The maximum absolute atomic E-state index is 10.1. The summed E-state index contributed by atoms with van der Waals surface area (Å²) in [5.41, 5.74) is 0. The largest absolute Gasteiger partial charge is 0.491 e. The van der Waals surface area contributed by atoms with E-state index in [1.54, 1.807) is 6.07 Å². The van der Waals surface area contributed by atoms with Gasteiger partial charge in [-0.2, -0.15) is 0 Å². The molecule has 124 valence electrons. The molecule has 0 amide bonds. The molecular formula is C16H24ClNO4. The average Bonchev–Trinajstić information content (AvgIpc) is 2.81. The van der Waals surface area contributed by atoms with Crippen molar-refractivity contribution in [2.24, 2.45) is 0 Å². The van der Waals surface area contributed by atoms with E-state index < -0.39 is 6.10 Å². The van der Waals surface area contributed by atoms with Gasteiger partial charge in [-0.3, -0.25) is 0 Å². The number of halogens is 1. The maximum atomic E-state index is 10.1. The first-order chi connectivity index (χ1) is 10.3. The fraction of sp³-hybridized carbons (Fsp3) is 0.625. The normalized spacial score (nSPS) is 19.1. The molecule has 1 unspecified atom stereocenters. The second-order valence-electron chi connectivity index (χ2n) is 5.69. The number of β-amino-alcohol motifs (C(OH)–C–C–N with tert-alkyl or cyclic N) is 1. The van der Waals surface area contributed by atoms with Crippen molar-refractivity contribution in [1.29, 1.82) is 0 Å². The van der Waals surface area contributed by atoms with Gasteiger partial charge in [-0.1, -0.05) is 12.8 Å². The van der Waals surface area contributed by atoms with Crippen LogP contribution < -0.4 is 14.2 Å². The highest BCUT2D eigenvalue weighted by molar-refractivity contribution is 5.85. The molecule has 1 N–H and O–H groups in total. The molecule has 0 aliphatic carbocycles. The van der Waals surface area contributed by atoms with Gasteiger partial charge in [0.2, 0.25) is 6.79 Å². The summed E-state index contributed by atoms with van der Waals surface area (Å²) in [6, 6.07) is 5.48. The third-order valence-corrected chi connectivity index (χ3v) is 3.95. The van der Waals surface area contributed by atoms with Gasteiger partial charge in [-0.15, -0.1) is 12.4 Å². The molecular weight excluding hydrogens is 306 g/mol. The van der Waals surface area contributed by atoms with Crippen molar-refractivity contribution in [2.45, 2.75) is 31.8 Å². The minimum absolute atomic E-state index is 0. The third kappa shape index (κ3) is 4.66. The fourth-order valence-corrected chi connectivity index (χ4v) is 2.83. The molecule has 1 fully saturated rings. The smallest absolute Gasteiger partial charge is 0.231 e. The topological polar surface area (TPSA) is 51.2 Å². The number of hydrogen-bond acceptors (Lipinski definition) is 5. The first-order valence-corrected chi connectivity index (χ1v) is 7.74. The molecule has 0 bridgehead atoms. The highest BCUT2D eigenvalue weighted by Gasteiger charge is 2.16. The lowest BCUT2D eigenvalue weighted by Crippen LogP contribution is -2.36. The summed E-state index contributed by atoms with van der Waals surface area (Å²) >= 11 is 0. The van der Waals surface area contributed by atoms with Crippen LogP contribution in [0, 0.1) is 0 Å². The Morgan fingerprint density at radius 2 is 1.82 bits per heavy atom. The Morgan fingerprint density at radius 3 is 2.59 bits per heavy atom. The second-order valence-corrected chi connectivity index (χ2v) is 5.69. The second kappa shape index (κ2) is 8.46. The number of likely N-dealkylation sites (tertiary alicyclic amines) is 1. The van der Waals surface area contributed by atoms with Gasteiger partial charge in [0.15, 0.2) is 11.5 Å². The van der Waals surface area contributed by atoms with E-state index in [9.17, 15) is 5.11 Å². The summed E-state index contributed by atoms with van der Waals surface area (Å²) in [5.74, 6) is 2.15. The molecule has 0 radical (unpaired) electrons. The monoisotopic (exact) mass is 329 g/mol. The Kier molecular flexibility index (Phi) is 6.61. The molecule has 1 aromatic carbocycles. The third-order valence-electron chi connectivity index (χ3n) is 3.95. The van der Waals surface area contributed by atoms with E-state index in [4.69, 9.17) is 14.2 Å². The molecule has 0 saturated carbocycles. The number of benzene rings is 1. The van der Waals surface area contributed by atoms with E-state index in [0.29, 0.717) is 24.7 Å². The number of nitrogens with zero attached hydrogens (tertiary/aromatic N) is 1. The summed E-state index contributed by atoms with van der Waals surface area (Å²) < 4.78 is 16.2. The van der Waals surface area contributed by atoms with Crippen LogP contribution in [-0.2, 0) is 0 Å². The van der Waals surface area contributed by atoms with Gasteiger partial charge in [0.1, 0.15) is 18.5 Å². The zero-order chi connectivity index (χ0) is 14.5. The summed E-state index contributed by atoms with van der Waals surface area (Å²) in [6.45, 7) is 3.42. The Labute approximate surface area is 137 Å². The fourth-order valence-electron chi connectivity index (χ4n) is 2.83. The number of aliphatic hydroxyl groups excluding tert-OH is 1. The first kappa shape index (κ1) is 17.2. The van der Waals surface area contributed by atoms with E-state index in [1.807, 2.05) is 12.1 Å². The molecule has 2 heterocycles. The first-order valence-electron chi connectivity index (χ1n) is 7.74. The van der Waals surface area contributed by atoms with E-state index >= 15 is 0 Å². The highest BCUT2D eigenvalue weighted by atomic mass is 35.5. The van der Waals surface area contributed by atoms with Gasteiger partial charge >= 0.3 is 0 Å². The minimum Gasteiger partial charge on any atom is -0.491 e. The van der Waals surface area contributed by atoms with E-state index in [0.717, 1.165) is 18.8 Å². The van der Waals surface area contributed by atoms with Crippen molar-refractivity contribution in [3.8, 4) is 17.2 Å². The number of aliphatic hydroxyl groups is 1. The summed E-state index contributed by atoms with van der Waals surface area (Å²) in [7, 11) is 0. The molecule has 3 rings (SSSR count). The SMILES string of the molecule is Cl.OC(COc1ccc2c(c1)OCO2)CN1CCCCCC1. The number of ether oxygens (including phenoxy) is 3. The van der Waals surface area contributed by atoms with E-state index in [-0.39, 0.29) is 19.2 Å². The molecule has 5 nitrogen and oxygen atoms in total. The van der Waals surface area contributed by atoms with Crippen LogP contribution in [0.5, 0.6) is 17.2 Å². The summed E-state index contributed by atoms with van der Waals surface area (Å²) in [6.07, 6.45) is 4.61. The van der Waals surface area contributed by atoms with Crippen LogP contribution in [0.25, 0.3) is 0 Å². The summed E-state index contributed by atoms with van der Waals surface area (Å²) in [5, 5.41) is 10.1. The van der Waals surface area contributed by atoms with Crippen molar-refractivity contribution < 1.29 is 19.3 Å². The molecule has 1 atom stereocenters. The lowest BCUT2D eigenvalue weighted by Gasteiger charge is -2.23. The zero-order valence-electron chi connectivity index (χ0n) is 12.7. The Morgan fingerprint density at radius 1 is 1.09 bits per heavy atom. The van der Waals surface area contributed by atoms with Crippen molar-refractivity contribution >= 4 is 12.4 Å². The number of hydrogen-bond donors (Lipinski definition) is 1. The van der Waals surface area contributed by atoms with Crippen LogP contribution in [0.2, 0.25) is 0 Å². The van der Waals surface area contributed by atoms with E-state index in [2.05, 4.69) is 4.90 Å². The van der Waals surface area contributed by atoms with Crippen LogP contribution in [0.1, 0.15) is 25.7 Å². The van der Waals surface area contributed by atoms with Gasteiger partial charge in [0.05, 0.1) is 0 Å². The van der Waals surface area contributed by atoms with Gasteiger partial charge in [0, 0.05) is 12.6 Å². The predicted octanol–water partition coefficient (Wildman–Crippen LogP) is 2.45. The Bertz CT molecular complexity index is 463. The standard InChI is InChI=1S/C16H23NO4.ClH/c18-13(10-17-7-3-1-2-4-8-17)11-19-14-5-6-15-16(9-14)21-12-20-15;/h5-6,9,13,18H,1-4,7-8,10-12H2;1H. The lowest BCUT2D eigenvalue weighted by atomic mass is 10.2. The molecule has 2 aliphatic heterocycles. The summed E-state index contributed by atoms with van der Waals surface area (Å²) in [4.78, 5) is 2.33. The highest BCUT2D eigenvalue weighted by Crippen LogP contribution is 2.35. The predicted molar refractivity (Wildman–Crippen MR) is 86.2 cm³/mol. The Hall–Kier alpha value is -1.17.